The molecule has 3 N–H and O–H groups in total. The SMILES string of the molecule is COc1ccccc1C(=O)Nc1ccc(O)c(-c2cc(C3CCCC3)n(C(=O)NCc3cccc(F)c3)n2)c1. The van der Waals surface area contributed by atoms with Crippen molar-refractivity contribution in [2.45, 2.75) is 38.1 Å². The van der Waals surface area contributed by atoms with E-state index in [9.17, 15) is 19.1 Å². The number of phenolic OH excluding ortho intramolecular Hbond substituents is 1. The molecule has 200 valence electrons. The minimum absolute atomic E-state index is 0.0342. The molecule has 1 heterocycles. The predicted molar refractivity (Wildman–Crippen MR) is 146 cm³/mol. The molecule has 8 nitrogen and oxygen atoms in total. The number of anilines is 1. The van der Waals surface area contributed by atoms with Crippen molar-refractivity contribution in [3.63, 3.8) is 0 Å². The van der Waals surface area contributed by atoms with Gasteiger partial charge in [0.15, 0.2) is 0 Å². The summed E-state index contributed by atoms with van der Waals surface area (Å²) in [5.74, 6) is -0.172. The number of phenols is 1. The zero-order valence-electron chi connectivity index (χ0n) is 21.5. The van der Waals surface area contributed by atoms with Crippen molar-refractivity contribution in [1.29, 1.82) is 0 Å². The minimum Gasteiger partial charge on any atom is -0.507 e. The molecule has 1 aromatic heterocycles. The summed E-state index contributed by atoms with van der Waals surface area (Å²) in [6, 6.07) is 19.0. The fraction of sp³-hybridized carbons (Fsp3) is 0.233. The number of hydrogen-bond acceptors (Lipinski definition) is 5. The number of aromatic hydroxyl groups is 1. The topological polar surface area (TPSA) is 105 Å². The fourth-order valence-electron chi connectivity index (χ4n) is 4.95. The largest absolute Gasteiger partial charge is 0.507 e. The Hall–Kier alpha value is -4.66. The van der Waals surface area contributed by atoms with Gasteiger partial charge in [0.2, 0.25) is 0 Å². The highest BCUT2D eigenvalue weighted by Crippen LogP contribution is 2.38. The summed E-state index contributed by atoms with van der Waals surface area (Å²) in [4.78, 5) is 26.1. The molecule has 0 spiro atoms. The maximum atomic E-state index is 13.6. The molecule has 1 saturated carbocycles. The first-order valence-corrected chi connectivity index (χ1v) is 12.8. The molecule has 39 heavy (non-hydrogen) atoms. The average molecular weight is 529 g/mol. The second-order valence-corrected chi connectivity index (χ2v) is 9.52. The Morgan fingerprint density at radius 1 is 1.05 bits per heavy atom. The van der Waals surface area contributed by atoms with Crippen LogP contribution in [0.1, 0.15) is 53.2 Å². The summed E-state index contributed by atoms with van der Waals surface area (Å²) in [5, 5.41) is 20.9. The molecule has 1 aliphatic rings. The Morgan fingerprint density at radius 2 is 1.85 bits per heavy atom. The summed E-state index contributed by atoms with van der Waals surface area (Å²) < 4.78 is 20.2. The lowest BCUT2D eigenvalue weighted by atomic mass is 10.0. The van der Waals surface area contributed by atoms with Crippen molar-refractivity contribution in [1.82, 2.24) is 15.1 Å². The van der Waals surface area contributed by atoms with E-state index >= 15 is 0 Å². The summed E-state index contributed by atoms with van der Waals surface area (Å²) in [6.07, 6.45) is 3.99. The van der Waals surface area contributed by atoms with Gasteiger partial charge in [0.1, 0.15) is 17.3 Å². The van der Waals surface area contributed by atoms with E-state index in [1.165, 1.54) is 30.0 Å². The first kappa shape index (κ1) is 26.0. The Morgan fingerprint density at radius 3 is 2.62 bits per heavy atom. The number of nitrogens with zero attached hydrogens (tertiary/aromatic N) is 2. The molecule has 0 atom stereocenters. The standard InChI is InChI=1S/C30H29FN4O4/c1-39-28-12-5-4-11-23(28)29(37)33-22-13-14-27(36)24(16-22)25-17-26(20-8-2-3-9-20)35(34-25)30(38)32-18-19-7-6-10-21(31)15-19/h4-7,10-17,20,36H,2-3,8-9,18H2,1H3,(H,32,38)(H,33,37). The first-order chi connectivity index (χ1) is 18.9. The van der Waals surface area contributed by atoms with Gasteiger partial charge in [-0.3, -0.25) is 4.79 Å². The second kappa shape index (κ2) is 11.4. The molecule has 4 aromatic rings. The number of carbonyl (C=O) groups is 2. The molecule has 0 aliphatic heterocycles. The van der Waals surface area contributed by atoms with Crippen LogP contribution in [0.25, 0.3) is 11.3 Å². The quantitative estimate of drug-likeness (QED) is 0.253. The molecular formula is C30H29FN4O4. The number of ether oxygens (including phenoxy) is 1. The Labute approximate surface area is 225 Å². The average Bonchev–Trinajstić information content (AvgIpc) is 3.63. The Bertz CT molecular complexity index is 1510. The molecular weight excluding hydrogens is 499 g/mol. The number of rotatable bonds is 7. The van der Waals surface area contributed by atoms with Gasteiger partial charge in [0.25, 0.3) is 5.91 Å². The van der Waals surface area contributed by atoms with E-state index in [4.69, 9.17) is 4.74 Å². The van der Waals surface area contributed by atoms with Gasteiger partial charge in [-0.1, -0.05) is 37.1 Å². The third-order valence-electron chi connectivity index (χ3n) is 6.92. The normalized spacial score (nSPS) is 13.3. The number of carbonyl (C=O) groups excluding carboxylic acids is 2. The van der Waals surface area contributed by atoms with E-state index in [2.05, 4.69) is 15.7 Å². The van der Waals surface area contributed by atoms with Crippen molar-refractivity contribution in [3.8, 4) is 22.8 Å². The van der Waals surface area contributed by atoms with Gasteiger partial charge in [-0.15, -0.1) is 0 Å². The van der Waals surface area contributed by atoms with Gasteiger partial charge in [-0.2, -0.15) is 9.78 Å². The number of aromatic nitrogens is 2. The van der Waals surface area contributed by atoms with E-state index in [1.54, 1.807) is 48.5 Å². The maximum absolute atomic E-state index is 13.6. The van der Waals surface area contributed by atoms with Gasteiger partial charge in [-0.05, 0) is 66.9 Å². The van der Waals surface area contributed by atoms with Crippen LogP contribution in [0.2, 0.25) is 0 Å². The number of hydrogen-bond donors (Lipinski definition) is 3. The number of para-hydroxylation sites is 1. The van der Waals surface area contributed by atoms with Crippen LogP contribution < -0.4 is 15.4 Å². The van der Waals surface area contributed by atoms with E-state index in [-0.39, 0.29) is 29.9 Å². The van der Waals surface area contributed by atoms with Crippen LogP contribution >= 0.6 is 0 Å². The molecule has 3 aromatic carbocycles. The van der Waals surface area contributed by atoms with Crippen LogP contribution in [0.3, 0.4) is 0 Å². The lowest BCUT2D eigenvalue weighted by molar-refractivity contribution is 0.102. The third kappa shape index (κ3) is 5.77. The number of amides is 2. The Balaban J connectivity index is 1.42. The monoisotopic (exact) mass is 528 g/mol. The molecule has 2 amide bonds. The maximum Gasteiger partial charge on any atom is 0.342 e. The van der Waals surface area contributed by atoms with Crippen LogP contribution in [0.4, 0.5) is 14.9 Å². The highest BCUT2D eigenvalue weighted by molar-refractivity contribution is 6.06. The molecule has 0 unspecified atom stereocenters. The molecule has 1 fully saturated rings. The van der Waals surface area contributed by atoms with Gasteiger partial charge < -0.3 is 20.5 Å². The molecule has 1 aliphatic carbocycles. The van der Waals surface area contributed by atoms with Gasteiger partial charge in [0.05, 0.1) is 24.1 Å². The van der Waals surface area contributed by atoms with E-state index in [1.807, 2.05) is 6.07 Å². The molecule has 0 bridgehead atoms. The van der Waals surface area contributed by atoms with Crippen LogP contribution in [-0.2, 0) is 6.54 Å². The summed E-state index contributed by atoms with van der Waals surface area (Å²) >= 11 is 0. The summed E-state index contributed by atoms with van der Waals surface area (Å²) in [7, 11) is 1.50. The number of benzene rings is 3. The van der Waals surface area contributed by atoms with E-state index in [0.717, 1.165) is 31.4 Å². The highest BCUT2D eigenvalue weighted by Gasteiger charge is 2.26. The zero-order chi connectivity index (χ0) is 27.4. The molecule has 9 heteroatoms. The predicted octanol–water partition coefficient (Wildman–Crippen LogP) is 6.07. The van der Waals surface area contributed by atoms with Crippen LogP contribution in [0, 0.1) is 5.82 Å². The van der Waals surface area contributed by atoms with Crippen molar-refractivity contribution in [3.05, 3.63) is 95.4 Å². The van der Waals surface area contributed by atoms with Gasteiger partial charge >= 0.3 is 6.03 Å². The smallest absolute Gasteiger partial charge is 0.342 e. The van der Waals surface area contributed by atoms with Crippen LogP contribution in [0.5, 0.6) is 11.5 Å². The van der Waals surface area contributed by atoms with Crippen molar-refractivity contribution < 1.29 is 23.8 Å². The number of halogens is 1. The lowest BCUT2D eigenvalue weighted by Crippen LogP contribution is -2.30. The Kier molecular flexibility index (Phi) is 7.58. The number of nitrogens with one attached hydrogen (secondary N) is 2. The fourth-order valence-corrected chi connectivity index (χ4v) is 4.95. The molecule has 0 radical (unpaired) electrons. The van der Waals surface area contributed by atoms with Gasteiger partial charge in [0, 0.05) is 23.7 Å². The summed E-state index contributed by atoms with van der Waals surface area (Å²) in [6.45, 7) is 0.144. The van der Waals surface area contributed by atoms with E-state index < -0.39 is 6.03 Å². The zero-order valence-corrected chi connectivity index (χ0v) is 21.5. The highest BCUT2D eigenvalue weighted by atomic mass is 19.1. The van der Waals surface area contributed by atoms with Crippen LogP contribution in [0.15, 0.2) is 72.8 Å². The first-order valence-electron chi connectivity index (χ1n) is 12.8. The summed E-state index contributed by atoms with van der Waals surface area (Å²) in [5.41, 5.74) is 2.99. The third-order valence-corrected chi connectivity index (χ3v) is 6.92. The van der Waals surface area contributed by atoms with Crippen molar-refractivity contribution in [2.75, 3.05) is 12.4 Å². The lowest BCUT2D eigenvalue weighted by Gasteiger charge is -2.12. The molecule has 0 saturated heterocycles. The van der Waals surface area contributed by atoms with E-state index in [0.29, 0.717) is 33.8 Å². The minimum atomic E-state index is -0.437. The van der Waals surface area contributed by atoms with Crippen molar-refractivity contribution in [2.24, 2.45) is 0 Å². The van der Waals surface area contributed by atoms with Crippen molar-refractivity contribution >= 4 is 17.6 Å². The second-order valence-electron chi connectivity index (χ2n) is 9.52. The number of methoxy groups -OCH3 is 1. The van der Waals surface area contributed by atoms with Crippen LogP contribution in [-0.4, -0.2) is 33.9 Å². The van der Waals surface area contributed by atoms with Gasteiger partial charge in [-0.25, -0.2) is 9.18 Å². The molecule has 5 rings (SSSR count).